The molecule has 3 rings (SSSR count). The number of aromatic nitrogens is 2. The molecule has 1 N–H and O–H groups in total. The number of nitrogens with one attached hydrogen (secondary N) is 1. The van der Waals surface area contributed by atoms with Crippen molar-refractivity contribution in [2.45, 2.75) is 20.3 Å². The van der Waals surface area contributed by atoms with Gasteiger partial charge in [-0.15, -0.1) is 0 Å². The van der Waals surface area contributed by atoms with Gasteiger partial charge in [-0.05, 0) is 57.7 Å². The van der Waals surface area contributed by atoms with Crippen LogP contribution in [0.4, 0.5) is 5.82 Å². The summed E-state index contributed by atoms with van der Waals surface area (Å²) in [5.74, 6) is 4.35. The minimum atomic E-state index is -2.48. The monoisotopic (exact) mass is 474 g/mol. The third kappa shape index (κ3) is 6.98. The third-order valence-corrected chi connectivity index (χ3v) is 5.46. The summed E-state index contributed by atoms with van der Waals surface area (Å²) in [6, 6.07) is 4.04. The van der Waals surface area contributed by atoms with Gasteiger partial charge in [0.2, 0.25) is 0 Å². The molecule has 0 amide bonds. The van der Waals surface area contributed by atoms with Gasteiger partial charge < -0.3 is 10.2 Å². The highest BCUT2D eigenvalue weighted by Crippen LogP contribution is 2.32. The zero-order chi connectivity index (χ0) is 23.9. The Labute approximate surface area is 196 Å². The average Bonchev–Trinajstić information content (AvgIpc) is 2.73. The van der Waals surface area contributed by atoms with Gasteiger partial charge in [0.15, 0.2) is 0 Å². The zero-order valence-electron chi connectivity index (χ0n) is 19.4. The molecule has 1 aliphatic heterocycles. The van der Waals surface area contributed by atoms with E-state index in [-0.39, 0.29) is 0 Å². The summed E-state index contributed by atoms with van der Waals surface area (Å²) in [6.45, 7) is 8.93. The van der Waals surface area contributed by atoms with E-state index in [0.29, 0.717) is 18.0 Å². The Morgan fingerprint density at radius 2 is 1.94 bits per heavy atom. The molecule has 0 aromatic carbocycles. The van der Waals surface area contributed by atoms with E-state index in [0.717, 1.165) is 46.0 Å². The predicted octanol–water partition coefficient (Wildman–Crippen LogP) is 3.75. The Hall–Kier alpha value is -2.55. The van der Waals surface area contributed by atoms with Crippen LogP contribution in [0.15, 0.2) is 45.2 Å². The van der Waals surface area contributed by atoms with Crippen LogP contribution < -0.4 is 10.2 Å². The summed E-state index contributed by atoms with van der Waals surface area (Å²) >= 11 is 6.44. The van der Waals surface area contributed by atoms with Gasteiger partial charge >= 0.3 is 0 Å². The molecule has 0 saturated heterocycles. The highest BCUT2D eigenvalue weighted by atomic mass is 35.5. The zero-order valence-corrected chi connectivity index (χ0v) is 20.9. The smallest absolute Gasteiger partial charge is 0.129 e. The fourth-order valence-electron chi connectivity index (χ4n) is 3.22. The van der Waals surface area contributed by atoms with E-state index in [9.17, 15) is 4.21 Å². The lowest BCUT2D eigenvalue weighted by molar-refractivity contribution is 0.686. The first-order valence-corrected chi connectivity index (χ1v) is 12.6. The second-order valence-corrected chi connectivity index (χ2v) is 10.2. The third-order valence-electron chi connectivity index (χ3n) is 4.61. The van der Waals surface area contributed by atoms with Crippen molar-refractivity contribution in [3.63, 3.8) is 0 Å². The molecule has 0 fully saturated rings. The second-order valence-electron chi connectivity index (χ2n) is 7.70. The van der Waals surface area contributed by atoms with Gasteiger partial charge in [-0.3, -0.25) is 9.98 Å². The lowest BCUT2D eigenvalue weighted by atomic mass is 10.0. The molecule has 0 saturated carbocycles. The molecule has 0 bridgehead atoms. The minimum absolute atomic E-state index is 0.530. The van der Waals surface area contributed by atoms with Crippen LogP contribution in [-0.2, 0) is 9.71 Å². The summed E-state index contributed by atoms with van der Waals surface area (Å²) < 4.78 is 15.9. The number of aliphatic imine (C=N–C) groups is 1. The average molecular weight is 475 g/mol. The van der Waals surface area contributed by atoms with Gasteiger partial charge in [-0.1, -0.05) is 17.7 Å². The van der Waals surface area contributed by atoms with E-state index in [2.05, 4.69) is 48.2 Å². The van der Waals surface area contributed by atoms with Crippen molar-refractivity contribution in [3.05, 3.63) is 51.9 Å². The minimum Gasteiger partial charge on any atom is -0.352 e. The van der Waals surface area contributed by atoms with Gasteiger partial charge in [0.05, 0.1) is 20.4 Å². The highest BCUT2D eigenvalue weighted by molar-refractivity contribution is 7.98. The normalized spacial score (nSPS) is 15.9. The molecule has 7 nitrogen and oxygen atoms in total. The first-order valence-electron chi connectivity index (χ1n) is 10.1. The van der Waals surface area contributed by atoms with Crippen molar-refractivity contribution >= 4 is 45.9 Å². The van der Waals surface area contributed by atoms with Crippen LogP contribution in [0.25, 0.3) is 11.3 Å². The fraction of sp³-hybridized carbons (Fsp3) is 0.348. The lowest BCUT2D eigenvalue weighted by Crippen LogP contribution is -2.32. The number of anilines is 1. The van der Waals surface area contributed by atoms with Crippen LogP contribution in [0.5, 0.6) is 0 Å². The summed E-state index contributed by atoms with van der Waals surface area (Å²) in [5, 5.41) is 3.30. The van der Waals surface area contributed by atoms with E-state index < -0.39 is 9.71 Å². The van der Waals surface area contributed by atoms with E-state index in [1.165, 1.54) is 6.26 Å². The highest BCUT2D eigenvalue weighted by Gasteiger charge is 2.20. The van der Waals surface area contributed by atoms with Crippen LogP contribution in [0.1, 0.15) is 17.5 Å². The van der Waals surface area contributed by atoms with Crippen molar-refractivity contribution < 1.29 is 4.21 Å². The molecule has 1 unspecified atom stereocenters. The van der Waals surface area contributed by atoms with Crippen molar-refractivity contribution in [2.24, 2.45) is 9.39 Å². The first kappa shape index (κ1) is 25.7. The summed E-state index contributed by atoms with van der Waals surface area (Å²) in [5.41, 5.74) is 5.54. The fourth-order valence-corrected chi connectivity index (χ4v) is 3.77. The molecule has 172 valence electrons. The van der Waals surface area contributed by atoms with Crippen LogP contribution in [0.3, 0.4) is 0 Å². The van der Waals surface area contributed by atoms with Crippen LogP contribution in [0.2, 0.25) is 5.02 Å². The van der Waals surface area contributed by atoms with E-state index in [4.69, 9.17) is 11.6 Å². The number of halogens is 1. The summed E-state index contributed by atoms with van der Waals surface area (Å²) in [6.07, 6.45) is 7.26. The standard InChI is InChI=1S/C21H24ClN5OS.C2H7N/c1-14-8-15(2)21(25-10-14)17-9-20(24-12-18(17)22)27-7-6-19(23-3)16(13-27)11-26-29(4,5)28;1-3-2/h8-12H,3-4,6-7,13H2,1-2,5H3;3H,1-2H3/b26-11-;. The Morgan fingerprint density at radius 3 is 2.53 bits per heavy atom. The van der Waals surface area contributed by atoms with Crippen molar-refractivity contribution in [1.29, 1.82) is 0 Å². The topological polar surface area (TPSA) is 82.8 Å². The number of rotatable bonds is 5. The van der Waals surface area contributed by atoms with Gasteiger partial charge in [0, 0.05) is 61.2 Å². The molecule has 0 spiro atoms. The number of nitrogens with zero attached hydrogens (tertiary/aromatic N) is 5. The summed E-state index contributed by atoms with van der Waals surface area (Å²) in [4.78, 5) is 15.3. The number of hydrogen-bond acceptors (Lipinski definition) is 6. The van der Waals surface area contributed by atoms with Crippen molar-refractivity contribution in [3.8, 4) is 11.3 Å². The van der Waals surface area contributed by atoms with Crippen LogP contribution >= 0.6 is 11.6 Å². The Kier molecular flexibility index (Phi) is 9.12. The molecular formula is C23H31ClN6OS. The maximum absolute atomic E-state index is 11.8. The Balaban J connectivity index is 0.00000114. The molecule has 1 aliphatic rings. The number of pyridine rings is 2. The SMILES string of the molecule is C=NC1=C(/C=N\S(=C)(C)=O)CN(c2cc(-c3ncc(C)cc3C)c(Cl)cn2)CC1.CNC. The molecule has 1 atom stereocenters. The number of aryl methyl sites for hydroxylation is 2. The molecule has 2 aromatic rings. The number of hydrogen-bond donors (Lipinski definition) is 1. The van der Waals surface area contributed by atoms with E-state index >= 15 is 0 Å². The van der Waals surface area contributed by atoms with Crippen LogP contribution in [0, 0.1) is 13.8 Å². The van der Waals surface area contributed by atoms with Gasteiger partial charge in [0.25, 0.3) is 0 Å². The maximum atomic E-state index is 11.8. The van der Waals surface area contributed by atoms with E-state index in [1.807, 2.05) is 40.2 Å². The molecule has 32 heavy (non-hydrogen) atoms. The molecule has 0 aliphatic carbocycles. The molecular weight excluding hydrogens is 444 g/mol. The molecule has 9 heteroatoms. The molecule has 3 heterocycles. The largest absolute Gasteiger partial charge is 0.352 e. The predicted molar refractivity (Wildman–Crippen MR) is 140 cm³/mol. The van der Waals surface area contributed by atoms with E-state index in [1.54, 1.807) is 12.4 Å². The van der Waals surface area contributed by atoms with Gasteiger partial charge in [-0.25, -0.2) is 13.6 Å². The summed E-state index contributed by atoms with van der Waals surface area (Å²) in [7, 11) is 1.27. The van der Waals surface area contributed by atoms with Crippen molar-refractivity contribution in [2.75, 3.05) is 38.3 Å². The van der Waals surface area contributed by atoms with Gasteiger partial charge in [0.1, 0.15) is 5.82 Å². The maximum Gasteiger partial charge on any atom is 0.129 e. The van der Waals surface area contributed by atoms with Crippen molar-refractivity contribution in [1.82, 2.24) is 15.3 Å². The quantitative estimate of drug-likeness (QED) is 0.527. The lowest BCUT2D eigenvalue weighted by Gasteiger charge is -2.29. The molecule has 2 aromatic heterocycles. The van der Waals surface area contributed by atoms with Gasteiger partial charge in [-0.2, -0.15) is 0 Å². The first-order chi connectivity index (χ1) is 15.1. The molecule has 0 radical (unpaired) electrons. The van der Waals surface area contributed by atoms with Crippen LogP contribution in [-0.4, -0.2) is 66.4 Å². The Bertz CT molecular complexity index is 1140. The second kappa shape index (κ2) is 11.4. The Morgan fingerprint density at radius 1 is 1.25 bits per heavy atom.